The van der Waals surface area contributed by atoms with Crippen molar-refractivity contribution in [2.75, 3.05) is 17.2 Å². The van der Waals surface area contributed by atoms with Crippen molar-refractivity contribution < 1.29 is 0 Å². The van der Waals surface area contributed by atoms with Crippen LogP contribution in [-0.4, -0.2) is 11.5 Å². The van der Waals surface area contributed by atoms with Crippen LogP contribution in [0.3, 0.4) is 0 Å². The van der Waals surface area contributed by atoms with E-state index in [4.69, 9.17) is 5.73 Å². The summed E-state index contributed by atoms with van der Waals surface area (Å²) in [6.07, 6.45) is 6.11. The van der Waals surface area contributed by atoms with Crippen molar-refractivity contribution in [1.82, 2.24) is 4.98 Å². The zero-order chi connectivity index (χ0) is 13.2. The Morgan fingerprint density at radius 2 is 2.00 bits per heavy atom. The zero-order valence-electron chi connectivity index (χ0n) is 10.6. The molecule has 1 aliphatic rings. The van der Waals surface area contributed by atoms with E-state index in [1.54, 1.807) is 0 Å². The lowest BCUT2D eigenvalue weighted by atomic mass is 10.1. The first-order valence-electron chi connectivity index (χ1n) is 6.47. The van der Waals surface area contributed by atoms with Gasteiger partial charge in [-0.1, -0.05) is 0 Å². The quantitative estimate of drug-likeness (QED) is 0.653. The van der Waals surface area contributed by atoms with E-state index in [0.29, 0.717) is 6.04 Å². The lowest BCUT2D eigenvalue weighted by molar-refractivity contribution is 0.718. The van der Waals surface area contributed by atoms with E-state index in [0.717, 1.165) is 17.9 Å². The first-order chi connectivity index (χ1) is 9.25. The molecular weight excluding hydrogens is 349 g/mol. The average molecular weight is 365 g/mol. The second-order valence-electron chi connectivity index (χ2n) is 4.84. The van der Waals surface area contributed by atoms with Crippen molar-refractivity contribution in [2.45, 2.75) is 18.9 Å². The number of nitrogens with two attached hydrogens (primary N) is 1. The molecule has 3 rings (SSSR count). The molecule has 1 unspecified atom stereocenters. The van der Waals surface area contributed by atoms with Crippen molar-refractivity contribution in [2.24, 2.45) is 0 Å². The maximum atomic E-state index is 6.18. The zero-order valence-corrected chi connectivity index (χ0v) is 12.7. The number of hydrogen-bond donors (Lipinski definition) is 1. The number of aromatic nitrogens is 1. The standard InChI is InChI=1S/C15H16IN3/c16-12-3-4-15(13(17)10-12)19-9-1-2-14(19)11-5-7-18-8-6-11/h3-8,10,14H,1-2,9,17H2. The van der Waals surface area contributed by atoms with Gasteiger partial charge in [-0.25, -0.2) is 0 Å². The Balaban J connectivity index is 1.95. The Labute approximate surface area is 127 Å². The molecule has 1 fully saturated rings. The Kier molecular flexibility index (Phi) is 3.59. The number of halogens is 1. The van der Waals surface area contributed by atoms with Crippen LogP contribution in [0.2, 0.25) is 0 Å². The highest BCUT2D eigenvalue weighted by Crippen LogP contribution is 2.38. The van der Waals surface area contributed by atoms with E-state index in [-0.39, 0.29) is 0 Å². The fraction of sp³-hybridized carbons (Fsp3) is 0.267. The molecule has 1 saturated heterocycles. The molecule has 2 heterocycles. The van der Waals surface area contributed by atoms with Crippen molar-refractivity contribution >= 4 is 34.0 Å². The number of benzene rings is 1. The van der Waals surface area contributed by atoms with Gasteiger partial charge >= 0.3 is 0 Å². The number of rotatable bonds is 2. The molecule has 0 saturated carbocycles. The third-order valence-corrected chi connectivity index (χ3v) is 4.31. The molecule has 0 bridgehead atoms. The molecule has 0 amide bonds. The van der Waals surface area contributed by atoms with E-state index < -0.39 is 0 Å². The van der Waals surface area contributed by atoms with Crippen LogP contribution in [0.25, 0.3) is 0 Å². The largest absolute Gasteiger partial charge is 0.397 e. The van der Waals surface area contributed by atoms with Gasteiger partial charge in [0.05, 0.1) is 17.4 Å². The third kappa shape index (κ3) is 2.54. The predicted octanol–water partition coefficient (Wildman–Crippen LogP) is 3.61. The first kappa shape index (κ1) is 12.7. The van der Waals surface area contributed by atoms with Gasteiger partial charge in [0.25, 0.3) is 0 Å². The molecule has 1 aromatic heterocycles. The van der Waals surface area contributed by atoms with Crippen molar-refractivity contribution in [3.8, 4) is 0 Å². The molecule has 1 aromatic carbocycles. The van der Waals surface area contributed by atoms with Gasteiger partial charge in [-0.15, -0.1) is 0 Å². The maximum absolute atomic E-state index is 6.18. The molecule has 98 valence electrons. The lowest BCUT2D eigenvalue weighted by Gasteiger charge is -2.28. The fourth-order valence-corrected chi connectivity index (χ4v) is 3.29. The number of pyridine rings is 1. The molecular formula is C15H16IN3. The molecule has 1 aliphatic heterocycles. The van der Waals surface area contributed by atoms with Crippen LogP contribution >= 0.6 is 22.6 Å². The van der Waals surface area contributed by atoms with E-state index in [1.807, 2.05) is 18.5 Å². The van der Waals surface area contributed by atoms with Gasteiger partial charge in [-0.05, 0) is 71.3 Å². The summed E-state index contributed by atoms with van der Waals surface area (Å²) in [5.74, 6) is 0. The summed E-state index contributed by atoms with van der Waals surface area (Å²) in [5.41, 5.74) is 9.53. The van der Waals surface area contributed by atoms with Gasteiger partial charge in [0, 0.05) is 22.5 Å². The molecule has 2 N–H and O–H groups in total. The number of nitrogens with zero attached hydrogens (tertiary/aromatic N) is 2. The van der Waals surface area contributed by atoms with Crippen LogP contribution in [0.5, 0.6) is 0 Å². The summed E-state index contributed by atoms with van der Waals surface area (Å²) >= 11 is 2.30. The van der Waals surface area contributed by atoms with Gasteiger partial charge in [-0.3, -0.25) is 4.98 Å². The topological polar surface area (TPSA) is 42.1 Å². The molecule has 1 atom stereocenters. The van der Waals surface area contributed by atoms with Gasteiger partial charge in [0.1, 0.15) is 0 Å². The van der Waals surface area contributed by atoms with Crippen LogP contribution in [0.15, 0.2) is 42.7 Å². The summed E-state index contributed by atoms with van der Waals surface area (Å²) in [6.45, 7) is 1.07. The fourth-order valence-electron chi connectivity index (χ4n) is 2.77. The highest BCUT2D eigenvalue weighted by atomic mass is 127. The minimum atomic E-state index is 0.422. The van der Waals surface area contributed by atoms with Crippen molar-refractivity contribution in [3.05, 3.63) is 51.9 Å². The highest BCUT2D eigenvalue weighted by Gasteiger charge is 2.27. The molecule has 0 spiro atoms. The predicted molar refractivity (Wildman–Crippen MR) is 87.1 cm³/mol. The Bertz CT molecular complexity index is 571. The molecule has 3 nitrogen and oxygen atoms in total. The minimum absolute atomic E-state index is 0.422. The Morgan fingerprint density at radius 1 is 1.21 bits per heavy atom. The highest BCUT2D eigenvalue weighted by molar-refractivity contribution is 14.1. The molecule has 4 heteroatoms. The Morgan fingerprint density at radius 3 is 2.74 bits per heavy atom. The maximum Gasteiger partial charge on any atom is 0.0605 e. The van der Waals surface area contributed by atoms with E-state index in [2.05, 4.69) is 56.7 Å². The van der Waals surface area contributed by atoms with Crippen LogP contribution in [0.4, 0.5) is 11.4 Å². The Hall–Kier alpha value is -1.30. The molecule has 2 aromatic rings. The van der Waals surface area contributed by atoms with Crippen LogP contribution < -0.4 is 10.6 Å². The van der Waals surface area contributed by atoms with Crippen LogP contribution in [0.1, 0.15) is 24.4 Å². The summed E-state index contributed by atoms with van der Waals surface area (Å²) in [7, 11) is 0. The summed E-state index contributed by atoms with van der Waals surface area (Å²) in [6, 6.07) is 10.9. The summed E-state index contributed by atoms with van der Waals surface area (Å²) < 4.78 is 1.18. The van der Waals surface area contributed by atoms with E-state index in [9.17, 15) is 0 Å². The minimum Gasteiger partial charge on any atom is -0.397 e. The van der Waals surface area contributed by atoms with Gasteiger partial charge in [0.2, 0.25) is 0 Å². The van der Waals surface area contributed by atoms with Gasteiger partial charge in [-0.2, -0.15) is 0 Å². The summed E-state index contributed by atoms with van der Waals surface area (Å²) in [4.78, 5) is 6.52. The lowest BCUT2D eigenvalue weighted by Crippen LogP contribution is -2.23. The molecule has 19 heavy (non-hydrogen) atoms. The smallest absolute Gasteiger partial charge is 0.0605 e. The van der Waals surface area contributed by atoms with Gasteiger partial charge < -0.3 is 10.6 Å². The number of nitrogen functional groups attached to an aromatic ring is 1. The normalized spacial score (nSPS) is 18.8. The SMILES string of the molecule is Nc1cc(I)ccc1N1CCCC1c1ccncc1. The van der Waals surface area contributed by atoms with Gasteiger partial charge in [0.15, 0.2) is 0 Å². The van der Waals surface area contributed by atoms with Crippen LogP contribution in [0, 0.1) is 3.57 Å². The van der Waals surface area contributed by atoms with Crippen molar-refractivity contribution in [1.29, 1.82) is 0 Å². The van der Waals surface area contributed by atoms with E-state index >= 15 is 0 Å². The molecule has 0 aliphatic carbocycles. The van der Waals surface area contributed by atoms with E-state index in [1.165, 1.54) is 22.0 Å². The monoisotopic (exact) mass is 365 g/mol. The average Bonchev–Trinajstić information content (AvgIpc) is 2.89. The second kappa shape index (κ2) is 5.36. The van der Waals surface area contributed by atoms with Crippen LogP contribution in [-0.2, 0) is 0 Å². The summed E-state index contributed by atoms with van der Waals surface area (Å²) in [5, 5.41) is 0. The third-order valence-electron chi connectivity index (χ3n) is 3.64. The second-order valence-corrected chi connectivity index (χ2v) is 6.08. The van der Waals surface area contributed by atoms with Crippen molar-refractivity contribution in [3.63, 3.8) is 0 Å². The molecule has 0 radical (unpaired) electrons. The number of hydrogen-bond acceptors (Lipinski definition) is 3. The number of anilines is 2. The first-order valence-corrected chi connectivity index (χ1v) is 7.55.